The van der Waals surface area contributed by atoms with Gasteiger partial charge in [0, 0.05) is 0 Å². The minimum Gasteiger partial charge on any atom is -0.385 e. The molecule has 0 radical (unpaired) electrons. The number of benzene rings is 1. The zero-order chi connectivity index (χ0) is 14.8. The Morgan fingerprint density at radius 3 is 2.38 bits per heavy atom. The van der Waals surface area contributed by atoms with Crippen LogP contribution >= 0.6 is 0 Å². The molecule has 114 valence electrons. The van der Waals surface area contributed by atoms with E-state index in [1.807, 2.05) is 0 Å². The molecule has 1 aromatic carbocycles. The second-order valence-corrected chi connectivity index (χ2v) is 8.82. The van der Waals surface area contributed by atoms with E-state index >= 15 is 0 Å². The van der Waals surface area contributed by atoms with Crippen LogP contribution in [0.1, 0.15) is 64.0 Å². The quantitative estimate of drug-likeness (QED) is 0.797. The summed E-state index contributed by atoms with van der Waals surface area (Å²) in [5.74, 6) is 3.05. The Bertz CT molecular complexity index is 538. The summed E-state index contributed by atoms with van der Waals surface area (Å²) in [6.07, 6.45) is 6.45. The van der Waals surface area contributed by atoms with Gasteiger partial charge in [-0.05, 0) is 65.9 Å². The first-order valence-electron chi connectivity index (χ1n) is 8.73. The van der Waals surface area contributed by atoms with E-state index in [9.17, 15) is 5.11 Å². The lowest BCUT2D eigenvalue weighted by Gasteiger charge is -2.39. The molecule has 0 spiro atoms. The average molecular weight is 284 g/mol. The van der Waals surface area contributed by atoms with Crippen LogP contribution in [0.4, 0.5) is 0 Å². The highest BCUT2D eigenvalue weighted by atomic mass is 16.3. The number of aliphatic hydroxyl groups is 1. The van der Waals surface area contributed by atoms with Gasteiger partial charge < -0.3 is 5.11 Å². The first-order chi connectivity index (χ1) is 9.89. The molecule has 0 aromatic heterocycles. The van der Waals surface area contributed by atoms with Crippen molar-refractivity contribution >= 4 is 0 Å². The SMILES string of the molecule is CC(C)(C)c1ccc(C2(O)CC3CC2C2CCCC32)cc1. The Balaban J connectivity index is 1.65. The lowest BCUT2D eigenvalue weighted by atomic mass is 9.70. The number of fused-ring (bicyclic) bond motifs is 5. The highest BCUT2D eigenvalue weighted by Gasteiger charge is 2.60. The van der Waals surface area contributed by atoms with Gasteiger partial charge >= 0.3 is 0 Å². The van der Waals surface area contributed by atoms with E-state index in [1.165, 1.54) is 36.8 Å². The third-order valence-electron chi connectivity index (χ3n) is 6.74. The van der Waals surface area contributed by atoms with E-state index < -0.39 is 5.60 Å². The summed E-state index contributed by atoms with van der Waals surface area (Å²) in [5.41, 5.74) is 2.18. The standard InChI is InChI=1S/C20H28O/c1-19(2,3)14-7-9-15(10-8-14)20(21)12-13-11-18(20)17-6-4-5-16(13)17/h7-10,13,16-18,21H,4-6,11-12H2,1-3H3. The molecule has 21 heavy (non-hydrogen) atoms. The van der Waals surface area contributed by atoms with Crippen LogP contribution in [0.5, 0.6) is 0 Å². The third-order valence-corrected chi connectivity index (χ3v) is 6.74. The van der Waals surface area contributed by atoms with Crippen molar-refractivity contribution in [2.75, 3.05) is 0 Å². The Morgan fingerprint density at radius 1 is 1.05 bits per heavy atom. The van der Waals surface area contributed by atoms with Gasteiger partial charge in [-0.1, -0.05) is 51.5 Å². The molecule has 1 nitrogen and oxygen atoms in total. The molecule has 3 saturated carbocycles. The van der Waals surface area contributed by atoms with Crippen LogP contribution in [-0.4, -0.2) is 5.11 Å². The molecule has 4 rings (SSSR count). The van der Waals surface area contributed by atoms with E-state index in [1.54, 1.807) is 0 Å². The average Bonchev–Trinajstić information content (AvgIpc) is 3.09. The maximum atomic E-state index is 11.4. The van der Waals surface area contributed by atoms with Crippen molar-refractivity contribution in [2.45, 2.75) is 63.9 Å². The first-order valence-corrected chi connectivity index (χ1v) is 8.73. The second-order valence-electron chi connectivity index (χ2n) is 8.82. The van der Waals surface area contributed by atoms with Gasteiger partial charge in [0.2, 0.25) is 0 Å². The largest absolute Gasteiger partial charge is 0.385 e. The van der Waals surface area contributed by atoms with Crippen molar-refractivity contribution in [1.29, 1.82) is 0 Å². The zero-order valence-electron chi connectivity index (χ0n) is 13.6. The van der Waals surface area contributed by atoms with Crippen LogP contribution in [0, 0.1) is 23.7 Å². The molecule has 3 fully saturated rings. The van der Waals surface area contributed by atoms with Crippen LogP contribution in [0.15, 0.2) is 24.3 Å². The van der Waals surface area contributed by atoms with E-state index in [-0.39, 0.29) is 5.41 Å². The lowest BCUT2D eigenvalue weighted by molar-refractivity contribution is -0.0512. The van der Waals surface area contributed by atoms with Gasteiger partial charge in [0.1, 0.15) is 0 Å². The van der Waals surface area contributed by atoms with Gasteiger partial charge in [-0.15, -0.1) is 0 Å². The smallest absolute Gasteiger partial charge is 0.0930 e. The molecule has 0 saturated heterocycles. The Morgan fingerprint density at radius 2 is 1.71 bits per heavy atom. The first kappa shape index (κ1) is 13.8. The second kappa shape index (κ2) is 4.35. The summed E-state index contributed by atoms with van der Waals surface area (Å²) in [6.45, 7) is 6.74. The third kappa shape index (κ3) is 1.93. The van der Waals surface area contributed by atoms with Gasteiger partial charge in [-0.3, -0.25) is 0 Å². The summed E-state index contributed by atoms with van der Waals surface area (Å²) >= 11 is 0. The molecule has 1 N–H and O–H groups in total. The lowest BCUT2D eigenvalue weighted by Crippen LogP contribution is -2.39. The van der Waals surface area contributed by atoms with E-state index in [2.05, 4.69) is 45.0 Å². The topological polar surface area (TPSA) is 20.2 Å². The van der Waals surface area contributed by atoms with Crippen LogP contribution in [0.3, 0.4) is 0 Å². The summed E-state index contributed by atoms with van der Waals surface area (Å²) < 4.78 is 0. The molecule has 5 atom stereocenters. The molecule has 0 aliphatic heterocycles. The van der Waals surface area contributed by atoms with E-state index in [4.69, 9.17) is 0 Å². The van der Waals surface area contributed by atoms with Gasteiger partial charge in [0.05, 0.1) is 5.60 Å². The fourth-order valence-corrected chi connectivity index (χ4v) is 5.70. The van der Waals surface area contributed by atoms with Gasteiger partial charge in [0.15, 0.2) is 0 Å². The van der Waals surface area contributed by atoms with E-state index in [0.717, 1.165) is 24.2 Å². The summed E-state index contributed by atoms with van der Waals surface area (Å²) in [5, 5.41) is 11.4. The maximum absolute atomic E-state index is 11.4. The Hall–Kier alpha value is -0.820. The fourth-order valence-electron chi connectivity index (χ4n) is 5.70. The summed E-state index contributed by atoms with van der Waals surface area (Å²) in [7, 11) is 0. The van der Waals surface area contributed by atoms with E-state index in [0.29, 0.717) is 5.92 Å². The molecular weight excluding hydrogens is 256 g/mol. The van der Waals surface area contributed by atoms with Crippen LogP contribution in [0.25, 0.3) is 0 Å². The molecule has 3 aliphatic carbocycles. The minimum atomic E-state index is -0.535. The van der Waals surface area contributed by atoms with Crippen LogP contribution in [0.2, 0.25) is 0 Å². The van der Waals surface area contributed by atoms with Crippen LogP contribution in [-0.2, 0) is 11.0 Å². The van der Waals surface area contributed by atoms with Crippen molar-refractivity contribution in [3.63, 3.8) is 0 Å². The Kier molecular flexibility index (Phi) is 2.86. The maximum Gasteiger partial charge on any atom is 0.0930 e. The van der Waals surface area contributed by atoms with Crippen molar-refractivity contribution in [1.82, 2.24) is 0 Å². The fraction of sp³-hybridized carbons (Fsp3) is 0.700. The molecule has 0 heterocycles. The van der Waals surface area contributed by atoms with Crippen molar-refractivity contribution in [2.24, 2.45) is 23.7 Å². The molecule has 1 heteroatoms. The zero-order valence-corrected chi connectivity index (χ0v) is 13.6. The van der Waals surface area contributed by atoms with Gasteiger partial charge in [-0.2, -0.15) is 0 Å². The number of hydrogen-bond acceptors (Lipinski definition) is 1. The Labute approximate surface area is 128 Å². The van der Waals surface area contributed by atoms with Crippen LogP contribution < -0.4 is 0 Å². The number of hydrogen-bond donors (Lipinski definition) is 1. The van der Waals surface area contributed by atoms with Crippen molar-refractivity contribution < 1.29 is 5.11 Å². The predicted octanol–water partition coefficient (Wildman–Crippen LogP) is 4.63. The highest BCUT2D eigenvalue weighted by molar-refractivity contribution is 5.33. The molecule has 2 bridgehead atoms. The van der Waals surface area contributed by atoms with Gasteiger partial charge in [0.25, 0.3) is 0 Å². The van der Waals surface area contributed by atoms with Gasteiger partial charge in [-0.25, -0.2) is 0 Å². The molecule has 3 aliphatic rings. The monoisotopic (exact) mass is 284 g/mol. The van der Waals surface area contributed by atoms with Crippen molar-refractivity contribution in [3.8, 4) is 0 Å². The molecular formula is C20H28O. The molecule has 5 unspecified atom stereocenters. The molecule has 1 aromatic rings. The number of rotatable bonds is 1. The molecule has 0 amide bonds. The summed E-state index contributed by atoms with van der Waals surface area (Å²) in [4.78, 5) is 0. The normalized spacial score (nSPS) is 41.5. The van der Waals surface area contributed by atoms with Crippen molar-refractivity contribution in [3.05, 3.63) is 35.4 Å². The summed E-state index contributed by atoms with van der Waals surface area (Å²) in [6, 6.07) is 8.85. The minimum absolute atomic E-state index is 0.187. The highest BCUT2D eigenvalue weighted by Crippen LogP contribution is 2.65. The predicted molar refractivity (Wildman–Crippen MR) is 86.1 cm³/mol.